The van der Waals surface area contributed by atoms with Gasteiger partial charge >= 0.3 is 5.91 Å². The minimum absolute atomic E-state index is 0.275. The summed E-state index contributed by atoms with van der Waals surface area (Å²) >= 11 is 0. The second-order valence-corrected chi connectivity index (χ2v) is 7.91. The molecule has 0 saturated carbocycles. The van der Waals surface area contributed by atoms with Crippen molar-refractivity contribution in [3.8, 4) is 0 Å². The number of aromatic nitrogens is 2. The third-order valence-corrected chi connectivity index (χ3v) is 6.08. The molecule has 0 radical (unpaired) electrons. The quantitative estimate of drug-likeness (QED) is 0.386. The zero-order chi connectivity index (χ0) is 20.6. The number of H-pyrrole nitrogens is 1. The van der Waals surface area contributed by atoms with Gasteiger partial charge in [-0.2, -0.15) is 0 Å². The summed E-state index contributed by atoms with van der Waals surface area (Å²) < 4.78 is -0.881. The number of carbonyl (C=O) groups excluding carboxylic acids is 1. The summed E-state index contributed by atoms with van der Waals surface area (Å²) in [4.78, 5) is 21.8. The first-order valence-corrected chi connectivity index (χ1v) is 10.3. The van der Waals surface area contributed by atoms with Crippen LogP contribution in [0.2, 0.25) is 0 Å². The van der Waals surface area contributed by atoms with Crippen molar-refractivity contribution < 1.29 is 9.44 Å². The Morgan fingerprint density at radius 1 is 0.933 bits per heavy atom. The fourth-order valence-electron chi connectivity index (χ4n) is 4.60. The highest BCUT2D eigenvalue weighted by Crippen LogP contribution is 2.42. The van der Waals surface area contributed by atoms with Crippen molar-refractivity contribution in [1.29, 1.82) is 0 Å². The zero-order valence-corrected chi connectivity index (χ0v) is 16.6. The highest BCUT2D eigenvalue weighted by atomic mass is 16.6. The van der Waals surface area contributed by atoms with E-state index >= 15 is 0 Å². The van der Waals surface area contributed by atoms with Gasteiger partial charge in [0.15, 0.2) is 11.9 Å². The summed E-state index contributed by atoms with van der Waals surface area (Å²) in [6.45, 7) is 0.275. The molecule has 0 bridgehead atoms. The van der Waals surface area contributed by atoms with Crippen LogP contribution in [0.15, 0.2) is 84.9 Å². The number of carbonyl (C=O) groups is 1. The average molecular weight is 397 g/mol. The number of nitrogens with one attached hydrogen (secondary N) is 1. The van der Waals surface area contributed by atoms with Gasteiger partial charge in [-0.25, -0.2) is 9.78 Å². The predicted octanol–water partition coefficient (Wildman–Crippen LogP) is 5.07. The number of hydrogen-bond donors (Lipinski definition) is 1. The van der Waals surface area contributed by atoms with Crippen LogP contribution in [0.5, 0.6) is 0 Å². The van der Waals surface area contributed by atoms with Crippen LogP contribution < -0.4 is 0 Å². The van der Waals surface area contributed by atoms with Crippen molar-refractivity contribution in [2.24, 2.45) is 0 Å². The summed E-state index contributed by atoms with van der Waals surface area (Å²) in [6.07, 6.45) is 1.35. The van der Waals surface area contributed by atoms with Crippen LogP contribution in [0.3, 0.4) is 0 Å². The standard InChI is InChI=1S/C25H23N3O2/c29-25(23(18-10-3-1-4-11-18)19-12-5-2-6-13-19)28(30)17-9-16-22(28)24-26-20-14-7-8-15-21(20)27-24/h1-8,10-15,22-23H,9,16-17H2,(H,26,27)/t22-,28?/m0/s1. The molecule has 1 aliphatic rings. The summed E-state index contributed by atoms with van der Waals surface area (Å²) in [5.74, 6) is -0.317. The molecule has 1 saturated heterocycles. The first-order chi connectivity index (χ1) is 14.7. The highest BCUT2D eigenvalue weighted by molar-refractivity contribution is 5.82. The van der Waals surface area contributed by atoms with Crippen LogP contribution in [-0.2, 0) is 4.79 Å². The number of quaternary nitrogens is 1. The molecule has 0 aliphatic carbocycles. The van der Waals surface area contributed by atoms with Crippen molar-refractivity contribution in [2.75, 3.05) is 6.54 Å². The predicted molar refractivity (Wildman–Crippen MR) is 116 cm³/mol. The van der Waals surface area contributed by atoms with Crippen LogP contribution in [-0.4, -0.2) is 27.1 Å². The molecule has 5 rings (SSSR count). The molecule has 1 N–H and O–H groups in total. The first-order valence-electron chi connectivity index (χ1n) is 10.3. The van der Waals surface area contributed by atoms with E-state index in [9.17, 15) is 10.0 Å². The maximum Gasteiger partial charge on any atom is 0.326 e. The van der Waals surface area contributed by atoms with Gasteiger partial charge < -0.3 is 10.2 Å². The molecular formula is C25H23N3O2. The third-order valence-electron chi connectivity index (χ3n) is 6.08. The number of aromatic amines is 1. The molecule has 5 nitrogen and oxygen atoms in total. The zero-order valence-electron chi connectivity index (χ0n) is 16.6. The topological polar surface area (TPSA) is 68.8 Å². The van der Waals surface area contributed by atoms with Gasteiger partial charge in [-0.05, 0) is 23.3 Å². The summed E-state index contributed by atoms with van der Waals surface area (Å²) in [5.41, 5.74) is 3.40. The number of nitrogens with zero attached hydrogens (tertiary/aromatic N) is 2. The monoisotopic (exact) mass is 397 g/mol. The van der Waals surface area contributed by atoms with E-state index < -0.39 is 16.6 Å². The SMILES string of the molecule is O=C(C(c1ccccc1)c1ccccc1)[N+]1([O-])CCC[C@H]1c1nc2ccccc2[nH]1. The van der Waals surface area contributed by atoms with Gasteiger partial charge in [0.25, 0.3) is 0 Å². The van der Waals surface area contributed by atoms with E-state index in [4.69, 9.17) is 0 Å². The molecule has 30 heavy (non-hydrogen) atoms. The van der Waals surface area contributed by atoms with E-state index in [0.717, 1.165) is 22.2 Å². The van der Waals surface area contributed by atoms with Crippen LogP contribution in [0.1, 0.15) is 41.8 Å². The fraction of sp³-hybridized carbons (Fsp3) is 0.200. The molecule has 150 valence electrons. The van der Waals surface area contributed by atoms with Crippen molar-refractivity contribution in [3.05, 3.63) is 107 Å². The normalized spacial score (nSPS) is 21.3. The Bertz CT molecular complexity index is 1100. The number of hydroxylamine groups is 3. The van der Waals surface area contributed by atoms with Gasteiger partial charge in [0.05, 0.1) is 17.6 Å². The molecule has 1 fully saturated rings. The molecule has 2 heterocycles. The summed E-state index contributed by atoms with van der Waals surface area (Å²) in [7, 11) is 0. The first kappa shape index (κ1) is 18.7. The Balaban J connectivity index is 1.57. The number of likely N-dealkylation sites (tertiary alicyclic amines) is 1. The lowest BCUT2D eigenvalue weighted by Crippen LogP contribution is -2.49. The van der Waals surface area contributed by atoms with Crippen LogP contribution in [0.4, 0.5) is 0 Å². The van der Waals surface area contributed by atoms with Crippen molar-refractivity contribution in [2.45, 2.75) is 24.8 Å². The van der Waals surface area contributed by atoms with Gasteiger partial charge in [-0.3, -0.25) is 4.65 Å². The lowest BCUT2D eigenvalue weighted by Gasteiger charge is -2.42. The van der Waals surface area contributed by atoms with Crippen LogP contribution in [0, 0.1) is 5.21 Å². The number of fused-ring (bicyclic) bond motifs is 1. The Morgan fingerprint density at radius 2 is 1.53 bits per heavy atom. The molecule has 1 unspecified atom stereocenters. The van der Waals surface area contributed by atoms with Crippen molar-refractivity contribution in [3.63, 3.8) is 0 Å². The number of hydrogen-bond acceptors (Lipinski definition) is 3. The Kier molecular flexibility index (Phi) is 4.69. The van der Waals surface area contributed by atoms with Gasteiger partial charge in [0, 0.05) is 12.8 Å². The lowest BCUT2D eigenvalue weighted by molar-refractivity contribution is -0.824. The summed E-state index contributed by atoms with van der Waals surface area (Å²) in [5, 5.41) is 14.1. The van der Waals surface area contributed by atoms with Crippen LogP contribution >= 0.6 is 0 Å². The highest BCUT2D eigenvalue weighted by Gasteiger charge is 2.47. The van der Waals surface area contributed by atoms with E-state index in [1.807, 2.05) is 84.9 Å². The van der Waals surface area contributed by atoms with Crippen molar-refractivity contribution >= 4 is 16.9 Å². The third kappa shape index (κ3) is 3.12. The molecule has 0 spiro atoms. The van der Waals surface area contributed by atoms with E-state index in [1.165, 1.54) is 0 Å². The minimum Gasteiger partial charge on any atom is -0.625 e. The molecule has 1 aliphatic heterocycles. The Morgan fingerprint density at radius 3 is 2.17 bits per heavy atom. The number of benzene rings is 3. The number of rotatable bonds is 4. The van der Waals surface area contributed by atoms with Gasteiger partial charge in [0.2, 0.25) is 0 Å². The molecule has 4 aromatic rings. The van der Waals surface area contributed by atoms with E-state index in [0.29, 0.717) is 18.7 Å². The summed E-state index contributed by atoms with van der Waals surface area (Å²) in [6, 6.07) is 26.4. The molecular weight excluding hydrogens is 374 g/mol. The van der Waals surface area contributed by atoms with Gasteiger partial charge in [0.1, 0.15) is 5.92 Å². The Hall–Kier alpha value is -3.28. The van der Waals surface area contributed by atoms with Crippen LogP contribution in [0.25, 0.3) is 11.0 Å². The average Bonchev–Trinajstić information content (AvgIpc) is 3.39. The second-order valence-electron chi connectivity index (χ2n) is 7.91. The van der Waals surface area contributed by atoms with Crippen molar-refractivity contribution in [1.82, 2.24) is 9.97 Å². The Labute approximate surface area is 175 Å². The largest absolute Gasteiger partial charge is 0.625 e. The maximum absolute atomic E-state index is 14.1. The fourth-order valence-corrected chi connectivity index (χ4v) is 4.60. The molecule has 5 heteroatoms. The maximum atomic E-state index is 14.1. The van der Waals surface area contributed by atoms with E-state index in [2.05, 4.69) is 9.97 Å². The van der Waals surface area contributed by atoms with E-state index in [-0.39, 0.29) is 12.5 Å². The van der Waals surface area contributed by atoms with Gasteiger partial charge in [-0.15, -0.1) is 0 Å². The smallest absolute Gasteiger partial charge is 0.326 e. The lowest BCUT2D eigenvalue weighted by atomic mass is 9.89. The second kappa shape index (κ2) is 7.52. The molecule has 1 aromatic heterocycles. The molecule has 2 atom stereocenters. The number of para-hydroxylation sites is 2. The molecule has 1 amide bonds. The number of amides is 1. The van der Waals surface area contributed by atoms with Gasteiger partial charge in [-0.1, -0.05) is 72.8 Å². The van der Waals surface area contributed by atoms with E-state index in [1.54, 1.807) is 0 Å². The number of imidazole rings is 1. The molecule has 3 aromatic carbocycles. The minimum atomic E-state index is -0.881.